The molecule has 1 aromatic carbocycles. The lowest BCUT2D eigenvalue weighted by molar-refractivity contribution is -0.345. The lowest BCUT2D eigenvalue weighted by Gasteiger charge is -2.67. The van der Waals surface area contributed by atoms with E-state index >= 15 is 0 Å². The maximum absolute atomic E-state index is 14.9. The van der Waals surface area contributed by atoms with E-state index in [-0.39, 0.29) is 29.7 Å². The van der Waals surface area contributed by atoms with Gasteiger partial charge < -0.3 is 34.3 Å². The number of Topliss-reactive ketones (excluding diaryl/α,β-unsaturated/α-hetero) is 1. The van der Waals surface area contributed by atoms with Gasteiger partial charge in [-0.05, 0) is 37.1 Å². The fourth-order valence-electron chi connectivity index (χ4n) is 7.85. The van der Waals surface area contributed by atoms with Gasteiger partial charge in [-0.25, -0.2) is 4.79 Å². The van der Waals surface area contributed by atoms with Crippen molar-refractivity contribution in [3.63, 3.8) is 0 Å². The standard InChI is InChI=1S/C31H38O11/c1-15-19(34)13-31(38)26(41-27(37)18-10-8-7-9-11-18)24-29(6,20(35)12-21-30(24,14-39-21)42-17(3)33)25(36)23(40-16(2)32)22(15)28(31,4)5/h7-11,19-21,23-24,26,34-35,38H,12-14H2,1-6H3/t19-,20-,21+,23+,24-,26-,29+,30-,31+/m0/s1/i2D3. The van der Waals surface area contributed by atoms with E-state index < -0.39 is 95.4 Å². The Labute approximate surface area is 248 Å². The molecule has 0 spiro atoms. The Kier molecular flexibility index (Phi) is 6.29. The molecule has 2 saturated carbocycles. The molecule has 3 fully saturated rings. The van der Waals surface area contributed by atoms with E-state index in [0.717, 1.165) is 6.92 Å². The van der Waals surface area contributed by atoms with Crippen LogP contribution in [0.2, 0.25) is 0 Å². The Bertz CT molecular complexity index is 1460. The van der Waals surface area contributed by atoms with Crippen LogP contribution in [0.15, 0.2) is 41.5 Å². The van der Waals surface area contributed by atoms with Crippen LogP contribution in [0, 0.1) is 16.7 Å². The molecule has 3 N–H and O–H groups in total. The third-order valence-corrected chi connectivity index (χ3v) is 10.1. The molecular weight excluding hydrogens is 548 g/mol. The number of hydrogen-bond donors (Lipinski definition) is 3. The summed E-state index contributed by atoms with van der Waals surface area (Å²) in [6.45, 7) is 3.35. The first-order valence-electron chi connectivity index (χ1n) is 15.4. The SMILES string of the molecule is [2H]C([2H])([2H])C(=O)O[C@H]1C(=O)[C@@]2(C)[C@H]([C@H](OC(=O)c3ccccc3)[C@]3(O)C[C@H](O)C(C)=C1C3(C)C)[C@]1(OC(C)=O)CO[C@@H]1C[C@@H]2O. The van der Waals surface area contributed by atoms with Crippen LogP contribution in [0.4, 0.5) is 0 Å². The minimum atomic E-state index is -3.28. The van der Waals surface area contributed by atoms with Gasteiger partial charge in [0.05, 0.1) is 35.7 Å². The van der Waals surface area contributed by atoms with Gasteiger partial charge in [-0.1, -0.05) is 32.0 Å². The highest BCUT2D eigenvalue weighted by molar-refractivity contribution is 5.95. The van der Waals surface area contributed by atoms with Gasteiger partial charge in [0.1, 0.15) is 17.8 Å². The van der Waals surface area contributed by atoms with Crippen molar-refractivity contribution in [3.05, 3.63) is 47.0 Å². The number of ether oxygens (including phenoxy) is 4. The normalized spacial score (nSPS) is 41.7. The third kappa shape index (κ3) is 4.08. The summed E-state index contributed by atoms with van der Waals surface area (Å²) >= 11 is 0. The van der Waals surface area contributed by atoms with Gasteiger partial charge in [0.25, 0.3) is 0 Å². The number of esters is 3. The van der Waals surface area contributed by atoms with Crippen LogP contribution in [0.3, 0.4) is 0 Å². The number of benzene rings is 1. The van der Waals surface area contributed by atoms with Crippen molar-refractivity contribution in [3.8, 4) is 0 Å². The second-order valence-electron chi connectivity index (χ2n) is 12.6. The lowest BCUT2D eigenvalue weighted by atomic mass is 9.44. The number of ketones is 1. The highest BCUT2D eigenvalue weighted by Gasteiger charge is 2.78. The largest absolute Gasteiger partial charge is 0.455 e. The van der Waals surface area contributed by atoms with Crippen LogP contribution >= 0.6 is 0 Å². The molecule has 1 aromatic rings. The highest BCUT2D eigenvalue weighted by atomic mass is 16.6. The van der Waals surface area contributed by atoms with E-state index in [2.05, 4.69) is 0 Å². The van der Waals surface area contributed by atoms with Crippen molar-refractivity contribution in [2.75, 3.05) is 6.61 Å². The second kappa shape index (κ2) is 9.97. The predicted molar refractivity (Wildman–Crippen MR) is 145 cm³/mol. The molecule has 42 heavy (non-hydrogen) atoms. The number of fused-ring (bicyclic) bond motifs is 5. The van der Waals surface area contributed by atoms with E-state index in [1.54, 1.807) is 18.2 Å². The molecular formula is C31H38O11. The summed E-state index contributed by atoms with van der Waals surface area (Å²) in [7, 11) is 0. The number of carbonyl (C=O) groups excluding carboxylic acids is 4. The van der Waals surface area contributed by atoms with E-state index in [0.29, 0.717) is 0 Å². The van der Waals surface area contributed by atoms with Gasteiger partial charge >= 0.3 is 17.9 Å². The molecule has 5 rings (SSSR count). The summed E-state index contributed by atoms with van der Waals surface area (Å²) in [6.07, 6.45) is -8.43. The van der Waals surface area contributed by atoms with Crippen LogP contribution in [-0.2, 0) is 33.3 Å². The number of rotatable bonds is 4. The molecule has 0 amide bonds. The molecule has 1 aliphatic heterocycles. The number of hydrogen-bond acceptors (Lipinski definition) is 11. The molecule has 0 radical (unpaired) electrons. The molecule has 0 unspecified atom stereocenters. The number of aliphatic hydroxyl groups is 3. The van der Waals surface area contributed by atoms with Crippen LogP contribution < -0.4 is 0 Å². The van der Waals surface area contributed by atoms with Crippen molar-refractivity contribution in [2.24, 2.45) is 16.7 Å². The zero-order valence-corrected chi connectivity index (χ0v) is 24.1. The molecule has 1 saturated heterocycles. The van der Waals surface area contributed by atoms with Gasteiger partial charge in [-0.2, -0.15) is 0 Å². The average Bonchev–Trinajstić information content (AvgIpc) is 2.94. The van der Waals surface area contributed by atoms with E-state index in [1.807, 2.05) is 0 Å². The van der Waals surface area contributed by atoms with Crippen molar-refractivity contribution < 1.29 is 57.6 Å². The topological polar surface area (TPSA) is 166 Å². The summed E-state index contributed by atoms with van der Waals surface area (Å²) in [5, 5.41) is 36.0. The smallest absolute Gasteiger partial charge is 0.338 e. The Morgan fingerprint density at radius 2 is 1.74 bits per heavy atom. The quantitative estimate of drug-likeness (QED) is 0.266. The Morgan fingerprint density at radius 3 is 2.31 bits per heavy atom. The monoisotopic (exact) mass is 589 g/mol. The zero-order valence-electron chi connectivity index (χ0n) is 27.1. The molecule has 228 valence electrons. The molecule has 1 heterocycles. The van der Waals surface area contributed by atoms with E-state index in [4.69, 9.17) is 23.1 Å². The molecule has 9 atom stereocenters. The Morgan fingerprint density at radius 1 is 1.07 bits per heavy atom. The maximum atomic E-state index is 14.9. The van der Waals surface area contributed by atoms with Gasteiger partial charge in [0, 0.05) is 36.1 Å². The van der Waals surface area contributed by atoms with Crippen molar-refractivity contribution in [1.29, 1.82) is 0 Å². The molecule has 11 heteroatoms. The molecule has 0 aromatic heterocycles. The molecule has 3 aliphatic carbocycles. The molecule has 4 aliphatic rings. The van der Waals surface area contributed by atoms with Crippen LogP contribution in [-0.4, -0.2) is 87.3 Å². The summed E-state index contributed by atoms with van der Waals surface area (Å²) in [5.74, 6) is -5.89. The minimum Gasteiger partial charge on any atom is -0.455 e. The van der Waals surface area contributed by atoms with Crippen LogP contribution in [0.5, 0.6) is 0 Å². The van der Waals surface area contributed by atoms with Crippen LogP contribution in [0.1, 0.15) is 68.8 Å². The first-order chi connectivity index (χ1) is 20.7. The highest BCUT2D eigenvalue weighted by Crippen LogP contribution is 2.64. The first-order valence-corrected chi connectivity index (χ1v) is 13.9. The zero-order chi connectivity index (χ0) is 33.5. The van der Waals surface area contributed by atoms with Gasteiger partial charge in [0.15, 0.2) is 17.5 Å². The van der Waals surface area contributed by atoms with Gasteiger partial charge in [0.2, 0.25) is 0 Å². The van der Waals surface area contributed by atoms with Crippen molar-refractivity contribution >= 4 is 23.7 Å². The average molecular weight is 590 g/mol. The van der Waals surface area contributed by atoms with Gasteiger partial charge in [-0.15, -0.1) is 0 Å². The van der Waals surface area contributed by atoms with Crippen molar-refractivity contribution in [2.45, 2.75) is 96.0 Å². The Hall–Kier alpha value is -3.12. The summed E-state index contributed by atoms with van der Waals surface area (Å²) in [5.41, 5.74) is -7.58. The lowest BCUT2D eigenvalue weighted by Crippen LogP contribution is -2.81. The fraction of sp³-hybridized carbons (Fsp3) is 0.613. The minimum absolute atomic E-state index is 0.0903. The number of aliphatic hydroxyl groups excluding tert-OH is 2. The van der Waals surface area contributed by atoms with Gasteiger partial charge in [-0.3, -0.25) is 14.4 Å². The van der Waals surface area contributed by atoms with Crippen molar-refractivity contribution in [1.82, 2.24) is 0 Å². The third-order valence-electron chi connectivity index (χ3n) is 10.1. The molecule has 11 nitrogen and oxygen atoms in total. The van der Waals surface area contributed by atoms with E-state index in [9.17, 15) is 34.5 Å². The summed E-state index contributed by atoms with van der Waals surface area (Å²) in [6, 6.07) is 7.83. The Balaban J connectivity index is 1.83. The number of carbonyl (C=O) groups is 4. The summed E-state index contributed by atoms with van der Waals surface area (Å²) < 4.78 is 46.0. The summed E-state index contributed by atoms with van der Waals surface area (Å²) in [4.78, 5) is 54.1. The fourth-order valence-corrected chi connectivity index (χ4v) is 7.85. The maximum Gasteiger partial charge on any atom is 0.338 e. The first kappa shape index (κ1) is 26.5. The van der Waals surface area contributed by atoms with E-state index in [1.165, 1.54) is 39.8 Å². The van der Waals surface area contributed by atoms with Crippen LogP contribution in [0.25, 0.3) is 0 Å². The molecule has 2 bridgehead atoms. The second-order valence-corrected chi connectivity index (χ2v) is 12.6. The predicted octanol–water partition coefficient (Wildman–Crippen LogP) is 1.65.